The van der Waals surface area contributed by atoms with Crippen molar-refractivity contribution in [1.29, 1.82) is 0 Å². The quantitative estimate of drug-likeness (QED) is 0.576. The lowest BCUT2D eigenvalue weighted by Crippen LogP contribution is -2.37. The van der Waals surface area contributed by atoms with Crippen LogP contribution in [0.15, 0.2) is 59.5 Å². The molecule has 2 atom stereocenters. The number of hydrogen-bond donors (Lipinski definition) is 2. The van der Waals surface area contributed by atoms with Gasteiger partial charge in [0.1, 0.15) is 12.6 Å². The molecule has 0 radical (unpaired) electrons. The van der Waals surface area contributed by atoms with Crippen molar-refractivity contribution in [3.05, 3.63) is 65.7 Å². The fraction of sp³-hybridized carbons (Fsp3) is 0.350. The van der Waals surface area contributed by atoms with Crippen molar-refractivity contribution in [3.8, 4) is 0 Å². The molecule has 0 aromatic heterocycles. The van der Waals surface area contributed by atoms with Crippen LogP contribution in [0.1, 0.15) is 31.4 Å². The van der Waals surface area contributed by atoms with Gasteiger partial charge in [0.05, 0.1) is 4.90 Å². The smallest absolute Gasteiger partial charge is 0.323 e. The SMILES string of the molecule is CC[C@H](C)[C@H](N)C(=O)OCc1ccccc1.Cc1ccc(S(=O)(=O)O)cc1. The molecule has 0 amide bonds. The van der Waals surface area contributed by atoms with Crippen molar-refractivity contribution in [2.24, 2.45) is 11.7 Å². The number of ether oxygens (including phenoxy) is 1. The first-order valence-corrected chi connectivity index (χ1v) is 10.1. The van der Waals surface area contributed by atoms with Gasteiger partial charge in [-0.25, -0.2) is 0 Å². The Morgan fingerprint density at radius 3 is 2.15 bits per heavy atom. The van der Waals surface area contributed by atoms with E-state index in [1.54, 1.807) is 12.1 Å². The van der Waals surface area contributed by atoms with Gasteiger partial charge in [-0.15, -0.1) is 0 Å². The molecule has 0 fully saturated rings. The molecule has 148 valence electrons. The highest BCUT2D eigenvalue weighted by Crippen LogP contribution is 2.09. The van der Waals surface area contributed by atoms with Crippen molar-refractivity contribution >= 4 is 16.1 Å². The Kier molecular flexibility index (Phi) is 9.14. The first-order chi connectivity index (χ1) is 12.6. The fourth-order valence-electron chi connectivity index (χ4n) is 2.02. The normalized spacial score (nSPS) is 13.1. The van der Waals surface area contributed by atoms with Crippen LogP contribution < -0.4 is 5.73 Å². The van der Waals surface area contributed by atoms with Crippen LogP contribution in [0, 0.1) is 12.8 Å². The van der Waals surface area contributed by atoms with Gasteiger partial charge < -0.3 is 10.5 Å². The third-order valence-corrected chi connectivity index (χ3v) is 4.94. The Morgan fingerprint density at radius 2 is 1.67 bits per heavy atom. The zero-order valence-corrected chi connectivity index (χ0v) is 16.6. The number of rotatable bonds is 6. The predicted octanol–water partition coefficient (Wildman–Crippen LogP) is 3.34. The summed E-state index contributed by atoms with van der Waals surface area (Å²) in [5, 5.41) is 0. The average Bonchev–Trinajstić information content (AvgIpc) is 2.65. The highest BCUT2D eigenvalue weighted by molar-refractivity contribution is 7.85. The van der Waals surface area contributed by atoms with Crippen molar-refractivity contribution in [1.82, 2.24) is 0 Å². The predicted molar refractivity (Wildman–Crippen MR) is 105 cm³/mol. The third-order valence-electron chi connectivity index (χ3n) is 4.07. The van der Waals surface area contributed by atoms with E-state index in [2.05, 4.69) is 0 Å². The monoisotopic (exact) mass is 393 g/mol. The standard InChI is InChI=1S/C13H19NO2.C7H8O3S/c1-3-10(2)12(14)13(15)16-9-11-7-5-4-6-8-11;1-6-2-4-7(5-3-6)11(8,9)10/h4-8,10,12H,3,9,14H2,1-2H3;2-5H,1H3,(H,8,9,10)/t10-,12-;/m0./s1. The van der Waals surface area contributed by atoms with Crippen molar-refractivity contribution < 1.29 is 22.5 Å². The average molecular weight is 394 g/mol. The summed E-state index contributed by atoms with van der Waals surface area (Å²) < 4.78 is 34.7. The number of nitrogens with two attached hydrogens (primary N) is 1. The summed E-state index contributed by atoms with van der Waals surface area (Å²) in [6.45, 7) is 6.10. The Morgan fingerprint density at radius 1 is 1.11 bits per heavy atom. The number of esters is 1. The number of carbonyl (C=O) groups is 1. The van der Waals surface area contributed by atoms with Crippen LogP contribution in [0.3, 0.4) is 0 Å². The second-order valence-electron chi connectivity index (χ2n) is 6.29. The van der Waals surface area contributed by atoms with Crippen LogP contribution in [0.5, 0.6) is 0 Å². The topological polar surface area (TPSA) is 107 Å². The molecule has 0 spiro atoms. The summed E-state index contributed by atoms with van der Waals surface area (Å²) in [6, 6.07) is 15.1. The van der Waals surface area contributed by atoms with E-state index in [-0.39, 0.29) is 16.8 Å². The molecule has 27 heavy (non-hydrogen) atoms. The molecule has 2 rings (SSSR count). The van der Waals surface area contributed by atoms with E-state index in [9.17, 15) is 13.2 Å². The van der Waals surface area contributed by atoms with Gasteiger partial charge in [-0.2, -0.15) is 8.42 Å². The maximum atomic E-state index is 11.6. The summed E-state index contributed by atoms with van der Waals surface area (Å²) in [5.74, 6) is -0.165. The molecule has 7 heteroatoms. The van der Waals surface area contributed by atoms with Crippen LogP contribution in [-0.2, 0) is 26.3 Å². The zero-order chi connectivity index (χ0) is 20.4. The summed E-state index contributed by atoms with van der Waals surface area (Å²) >= 11 is 0. The first kappa shape index (κ1) is 22.8. The van der Waals surface area contributed by atoms with Crippen molar-refractivity contribution in [2.45, 2.75) is 44.7 Å². The molecule has 0 heterocycles. The maximum absolute atomic E-state index is 11.6. The number of hydrogen-bond acceptors (Lipinski definition) is 5. The summed E-state index contributed by atoms with van der Waals surface area (Å²) in [4.78, 5) is 11.5. The van der Waals surface area contributed by atoms with Gasteiger partial charge in [0.15, 0.2) is 0 Å². The lowest BCUT2D eigenvalue weighted by atomic mass is 10.0. The van der Waals surface area contributed by atoms with Crippen LogP contribution in [0.2, 0.25) is 0 Å². The number of benzene rings is 2. The Bertz CT molecular complexity index is 804. The summed E-state index contributed by atoms with van der Waals surface area (Å²) in [7, 11) is -4.02. The van der Waals surface area contributed by atoms with Gasteiger partial charge in [0.25, 0.3) is 10.1 Å². The maximum Gasteiger partial charge on any atom is 0.323 e. The molecule has 2 aromatic carbocycles. The number of carbonyl (C=O) groups excluding carboxylic acids is 1. The lowest BCUT2D eigenvalue weighted by Gasteiger charge is -2.16. The molecule has 0 bridgehead atoms. The van der Waals surface area contributed by atoms with Crippen LogP contribution in [0.25, 0.3) is 0 Å². The lowest BCUT2D eigenvalue weighted by molar-refractivity contribution is -0.147. The van der Waals surface area contributed by atoms with E-state index in [1.165, 1.54) is 12.1 Å². The Balaban J connectivity index is 0.000000289. The fourth-order valence-corrected chi connectivity index (χ4v) is 2.50. The zero-order valence-electron chi connectivity index (χ0n) is 15.8. The highest BCUT2D eigenvalue weighted by atomic mass is 32.2. The van der Waals surface area contributed by atoms with E-state index in [0.29, 0.717) is 6.61 Å². The molecule has 3 N–H and O–H groups in total. The third kappa shape index (κ3) is 8.34. The van der Waals surface area contributed by atoms with Crippen LogP contribution in [-0.4, -0.2) is 25.0 Å². The molecule has 0 aliphatic rings. The van der Waals surface area contributed by atoms with Crippen LogP contribution in [0.4, 0.5) is 0 Å². The van der Waals surface area contributed by atoms with Gasteiger partial charge >= 0.3 is 5.97 Å². The van der Waals surface area contributed by atoms with E-state index in [4.69, 9.17) is 15.0 Å². The Hall–Kier alpha value is -2.22. The van der Waals surface area contributed by atoms with E-state index in [0.717, 1.165) is 17.5 Å². The molecular weight excluding hydrogens is 366 g/mol. The van der Waals surface area contributed by atoms with Crippen LogP contribution >= 0.6 is 0 Å². The van der Waals surface area contributed by atoms with Gasteiger partial charge in [-0.3, -0.25) is 9.35 Å². The molecule has 0 unspecified atom stereocenters. The van der Waals surface area contributed by atoms with E-state index >= 15 is 0 Å². The van der Waals surface area contributed by atoms with Gasteiger partial charge in [-0.1, -0.05) is 68.3 Å². The highest BCUT2D eigenvalue weighted by Gasteiger charge is 2.20. The van der Waals surface area contributed by atoms with Crippen molar-refractivity contribution in [3.63, 3.8) is 0 Å². The van der Waals surface area contributed by atoms with Crippen molar-refractivity contribution in [2.75, 3.05) is 0 Å². The summed E-state index contributed by atoms with van der Waals surface area (Å²) in [5.41, 5.74) is 7.70. The summed E-state index contributed by atoms with van der Waals surface area (Å²) in [6.07, 6.45) is 0.877. The molecule has 0 aliphatic heterocycles. The Labute approximate surface area is 161 Å². The van der Waals surface area contributed by atoms with Gasteiger partial charge in [0, 0.05) is 0 Å². The van der Waals surface area contributed by atoms with E-state index < -0.39 is 16.2 Å². The van der Waals surface area contributed by atoms with E-state index in [1.807, 2.05) is 51.1 Å². The minimum Gasteiger partial charge on any atom is -0.460 e. The molecule has 0 aliphatic carbocycles. The number of aryl methyl sites for hydroxylation is 1. The molecule has 0 saturated heterocycles. The minimum atomic E-state index is -4.02. The molecular formula is C20H27NO5S. The molecule has 6 nitrogen and oxygen atoms in total. The molecule has 0 saturated carbocycles. The van der Waals surface area contributed by atoms with Gasteiger partial charge in [0.2, 0.25) is 0 Å². The van der Waals surface area contributed by atoms with Gasteiger partial charge in [-0.05, 0) is 30.5 Å². The second-order valence-corrected chi connectivity index (χ2v) is 7.71. The molecule has 2 aromatic rings. The largest absolute Gasteiger partial charge is 0.460 e. The first-order valence-electron chi connectivity index (χ1n) is 8.65. The minimum absolute atomic E-state index is 0.0666. The second kappa shape index (κ2) is 10.8.